The summed E-state index contributed by atoms with van der Waals surface area (Å²) in [6, 6.07) is 4.60. The molecule has 1 heterocycles. The first kappa shape index (κ1) is 10.4. The van der Waals surface area contributed by atoms with Gasteiger partial charge in [-0.3, -0.25) is 0 Å². The van der Waals surface area contributed by atoms with E-state index in [4.69, 9.17) is 16.4 Å². The molecule has 2 nitrogen and oxygen atoms in total. The summed E-state index contributed by atoms with van der Waals surface area (Å²) in [4.78, 5) is 5.10. The van der Waals surface area contributed by atoms with Crippen LogP contribution in [0.5, 0.6) is 0 Å². The van der Waals surface area contributed by atoms with Gasteiger partial charge in [-0.1, -0.05) is 29.7 Å². The van der Waals surface area contributed by atoms with Crippen LogP contribution in [0.4, 0.5) is 4.39 Å². The summed E-state index contributed by atoms with van der Waals surface area (Å²) in [7, 11) is 0. The van der Waals surface area contributed by atoms with Gasteiger partial charge in [-0.15, -0.1) is 0 Å². The summed E-state index contributed by atoms with van der Waals surface area (Å²) in [5.41, 5.74) is 0.946. The lowest BCUT2D eigenvalue weighted by molar-refractivity contribution is 0.0799. The fourth-order valence-corrected chi connectivity index (χ4v) is 1.81. The second-order valence-electron chi connectivity index (χ2n) is 3.67. The lowest BCUT2D eigenvalue weighted by Crippen LogP contribution is -2.19. The minimum atomic E-state index is -0.356. The highest BCUT2D eigenvalue weighted by atomic mass is 35.5. The maximum Gasteiger partial charge on any atom is 0.133 e. The van der Waals surface area contributed by atoms with E-state index in [0.717, 1.165) is 0 Å². The Morgan fingerprint density at radius 2 is 2.13 bits per heavy atom. The molecule has 0 amide bonds. The lowest BCUT2D eigenvalue weighted by atomic mass is 9.95. The van der Waals surface area contributed by atoms with E-state index in [-0.39, 0.29) is 17.8 Å². The Kier molecular flexibility index (Phi) is 2.65. The summed E-state index contributed by atoms with van der Waals surface area (Å²) in [5.74, 6) is -0.301. The average molecular weight is 228 g/mol. The van der Waals surface area contributed by atoms with Gasteiger partial charge in [0.2, 0.25) is 0 Å². The van der Waals surface area contributed by atoms with E-state index in [1.165, 1.54) is 6.07 Å². The van der Waals surface area contributed by atoms with Crippen LogP contribution >= 0.6 is 11.6 Å². The van der Waals surface area contributed by atoms with Crippen molar-refractivity contribution < 1.29 is 9.23 Å². The maximum absolute atomic E-state index is 13.6. The Hall–Kier alpha value is -1.09. The SMILES string of the molecule is CC1ON=C(c2c(F)cccc2Cl)C1C. The molecule has 0 N–H and O–H groups in total. The molecule has 0 aliphatic carbocycles. The molecule has 0 saturated heterocycles. The first-order valence-corrected chi connectivity index (χ1v) is 5.17. The van der Waals surface area contributed by atoms with Gasteiger partial charge < -0.3 is 4.84 Å². The van der Waals surface area contributed by atoms with Crippen molar-refractivity contribution in [3.05, 3.63) is 34.6 Å². The van der Waals surface area contributed by atoms with Crippen molar-refractivity contribution in [3.8, 4) is 0 Å². The molecule has 1 aliphatic rings. The molecule has 1 aliphatic heterocycles. The van der Waals surface area contributed by atoms with Gasteiger partial charge in [-0.05, 0) is 19.1 Å². The maximum atomic E-state index is 13.6. The number of oxime groups is 1. The fraction of sp³-hybridized carbons (Fsp3) is 0.364. The van der Waals surface area contributed by atoms with Gasteiger partial charge in [0.25, 0.3) is 0 Å². The molecule has 0 fully saturated rings. The van der Waals surface area contributed by atoms with Gasteiger partial charge in [0.15, 0.2) is 0 Å². The second-order valence-corrected chi connectivity index (χ2v) is 4.08. The van der Waals surface area contributed by atoms with Gasteiger partial charge in [0, 0.05) is 5.92 Å². The van der Waals surface area contributed by atoms with Crippen LogP contribution in [0.3, 0.4) is 0 Å². The standard InChI is InChI=1S/C11H11ClFNO/c1-6-7(2)15-14-11(6)10-8(12)4-3-5-9(10)13/h3-7H,1-2H3. The monoisotopic (exact) mass is 227 g/mol. The Bertz CT molecular complexity index is 399. The summed E-state index contributed by atoms with van der Waals surface area (Å²) < 4.78 is 13.6. The van der Waals surface area contributed by atoms with Crippen LogP contribution < -0.4 is 0 Å². The van der Waals surface area contributed by atoms with Crippen LogP contribution in [-0.2, 0) is 4.84 Å². The molecular formula is C11H11ClFNO. The Morgan fingerprint density at radius 1 is 1.40 bits per heavy atom. The molecule has 15 heavy (non-hydrogen) atoms. The molecular weight excluding hydrogens is 217 g/mol. The zero-order chi connectivity index (χ0) is 11.0. The highest BCUT2D eigenvalue weighted by Crippen LogP contribution is 2.28. The average Bonchev–Trinajstić information content (AvgIpc) is 2.49. The highest BCUT2D eigenvalue weighted by molar-refractivity contribution is 6.34. The van der Waals surface area contributed by atoms with Crippen LogP contribution in [0.2, 0.25) is 5.02 Å². The topological polar surface area (TPSA) is 21.6 Å². The third kappa shape index (κ3) is 1.72. The van der Waals surface area contributed by atoms with E-state index in [0.29, 0.717) is 16.3 Å². The van der Waals surface area contributed by atoms with E-state index in [9.17, 15) is 4.39 Å². The minimum Gasteiger partial charge on any atom is -0.392 e. The van der Waals surface area contributed by atoms with Crippen molar-refractivity contribution in [1.82, 2.24) is 0 Å². The predicted molar refractivity (Wildman–Crippen MR) is 57.7 cm³/mol. The van der Waals surface area contributed by atoms with E-state index < -0.39 is 0 Å². The minimum absolute atomic E-state index is 0.0318. The van der Waals surface area contributed by atoms with E-state index >= 15 is 0 Å². The molecule has 4 heteroatoms. The quantitative estimate of drug-likeness (QED) is 0.722. The van der Waals surface area contributed by atoms with Gasteiger partial charge in [0.05, 0.1) is 16.3 Å². The number of nitrogens with zero attached hydrogens (tertiary/aromatic N) is 1. The molecule has 2 atom stereocenters. The lowest BCUT2D eigenvalue weighted by Gasteiger charge is -2.10. The normalized spacial score (nSPS) is 24.9. The molecule has 1 aromatic rings. The van der Waals surface area contributed by atoms with Gasteiger partial charge in [-0.2, -0.15) is 0 Å². The highest BCUT2D eigenvalue weighted by Gasteiger charge is 2.30. The fourth-order valence-electron chi connectivity index (χ4n) is 1.55. The molecule has 0 radical (unpaired) electrons. The number of halogens is 2. The smallest absolute Gasteiger partial charge is 0.133 e. The third-order valence-electron chi connectivity index (χ3n) is 2.67. The molecule has 2 rings (SSSR count). The van der Waals surface area contributed by atoms with Gasteiger partial charge >= 0.3 is 0 Å². The van der Waals surface area contributed by atoms with Crippen LogP contribution in [0.1, 0.15) is 19.4 Å². The summed E-state index contributed by atoms with van der Waals surface area (Å²) >= 11 is 5.95. The third-order valence-corrected chi connectivity index (χ3v) is 2.99. The number of hydrogen-bond acceptors (Lipinski definition) is 2. The summed E-state index contributed by atoms with van der Waals surface area (Å²) in [6.07, 6.45) is -0.0318. The first-order valence-electron chi connectivity index (χ1n) is 4.79. The van der Waals surface area contributed by atoms with E-state index in [1.807, 2.05) is 13.8 Å². The van der Waals surface area contributed by atoms with Crippen molar-refractivity contribution in [1.29, 1.82) is 0 Å². The second kappa shape index (κ2) is 3.81. The van der Waals surface area contributed by atoms with Crippen LogP contribution in [0.25, 0.3) is 0 Å². The Balaban J connectivity index is 2.47. The number of rotatable bonds is 1. The first-order chi connectivity index (χ1) is 7.11. The molecule has 0 saturated carbocycles. The Labute approximate surface area is 92.7 Å². The van der Waals surface area contributed by atoms with Crippen molar-refractivity contribution in [2.75, 3.05) is 0 Å². The zero-order valence-corrected chi connectivity index (χ0v) is 9.25. The van der Waals surface area contributed by atoms with Gasteiger partial charge in [0.1, 0.15) is 11.9 Å². The molecule has 1 aromatic carbocycles. The Morgan fingerprint density at radius 3 is 2.67 bits per heavy atom. The van der Waals surface area contributed by atoms with Gasteiger partial charge in [-0.25, -0.2) is 4.39 Å². The van der Waals surface area contributed by atoms with Crippen molar-refractivity contribution in [2.45, 2.75) is 20.0 Å². The van der Waals surface area contributed by atoms with Crippen LogP contribution in [0, 0.1) is 11.7 Å². The van der Waals surface area contributed by atoms with E-state index in [1.54, 1.807) is 12.1 Å². The van der Waals surface area contributed by atoms with Crippen LogP contribution in [-0.4, -0.2) is 11.8 Å². The molecule has 0 bridgehead atoms. The summed E-state index contributed by atoms with van der Waals surface area (Å²) in [6.45, 7) is 3.84. The van der Waals surface area contributed by atoms with Crippen LogP contribution in [0.15, 0.2) is 23.4 Å². The molecule has 0 aromatic heterocycles. The summed E-state index contributed by atoms with van der Waals surface area (Å²) in [5, 5.41) is 4.26. The number of benzene rings is 1. The van der Waals surface area contributed by atoms with Crippen molar-refractivity contribution >= 4 is 17.3 Å². The zero-order valence-electron chi connectivity index (χ0n) is 8.50. The molecule has 0 spiro atoms. The molecule has 2 unspecified atom stereocenters. The molecule has 80 valence electrons. The van der Waals surface area contributed by atoms with E-state index in [2.05, 4.69) is 5.16 Å². The predicted octanol–water partition coefficient (Wildman–Crippen LogP) is 3.24. The number of hydrogen-bond donors (Lipinski definition) is 0. The van der Waals surface area contributed by atoms with Crippen molar-refractivity contribution in [3.63, 3.8) is 0 Å². The largest absolute Gasteiger partial charge is 0.392 e. The van der Waals surface area contributed by atoms with Crippen molar-refractivity contribution in [2.24, 2.45) is 11.1 Å².